The van der Waals surface area contributed by atoms with Gasteiger partial charge in [0.25, 0.3) is 0 Å². The van der Waals surface area contributed by atoms with Crippen LogP contribution in [0.1, 0.15) is 36.3 Å². The molecule has 0 saturated heterocycles. The molecule has 186 valence electrons. The molecule has 0 radical (unpaired) electrons. The van der Waals surface area contributed by atoms with Crippen LogP contribution in [0.2, 0.25) is 0 Å². The number of aliphatic hydroxyl groups is 1. The highest BCUT2D eigenvalue weighted by Crippen LogP contribution is 2.44. The normalized spacial score (nSPS) is 13.7. The van der Waals surface area contributed by atoms with Gasteiger partial charge in [0.05, 0.1) is 19.6 Å². The van der Waals surface area contributed by atoms with E-state index in [0.29, 0.717) is 0 Å². The van der Waals surface area contributed by atoms with Crippen LogP contribution in [0.3, 0.4) is 0 Å². The zero-order valence-electron chi connectivity index (χ0n) is 19.2. The number of carboxylic acid groups (broad SMARTS) is 1. The molecule has 0 saturated carbocycles. The van der Waals surface area contributed by atoms with Gasteiger partial charge in [-0.15, -0.1) is 0 Å². The molecule has 0 aliphatic heterocycles. The Morgan fingerprint density at radius 3 is 2.17 bits per heavy atom. The Balaban J connectivity index is 1.44. The van der Waals surface area contributed by atoms with Crippen molar-refractivity contribution in [2.24, 2.45) is 0 Å². The minimum absolute atomic E-state index is 0.108. The lowest BCUT2D eigenvalue weighted by molar-refractivity contribution is -0.144. The number of aliphatic carboxylic acids is 1. The number of alkyl carbamates (subject to hydrolysis) is 1. The summed E-state index contributed by atoms with van der Waals surface area (Å²) in [6.45, 7) is -0.152. The van der Waals surface area contributed by atoms with Crippen molar-refractivity contribution in [3.63, 3.8) is 0 Å². The summed E-state index contributed by atoms with van der Waals surface area (Å²) in [5, 5.41) is 23.9. The van der Waals surface area contributed by atoms with E-state index >= 15 is 0 Å². The molecule has 0 aromatic heterocycles. The molecule has 2 aromatic carbocycles. The molecule has 2 atom stereocenters. The first-order chi connectivity index (χ1) is 16.8. The average molecular weight is 485 g/mol. The number of amides is 2. The molecule has 1 aliphatic rings. The number of methoxy groups -OCH3 is 1. The van der Waals surface area contributed by atoms with Crippen LogP contribution in [-0.4, -0.2) is 66.6 Å². The topological polar surface area (TPSA) is 151 Å². The third kappa shape index (κ3) is 6.80. The first-order valence-corrected chi connectivity index (χ1v) is 11.2. The van der Waals surface area contributed by atoms with Gasteiger partial charge in [-0.25, -0.2) is 9.59 Å². The van der Waals surface area contributed by atoms with Crippen LogP contribution in [0.15, 0.2) is 48.5 Å². The molecule has 10 nitrogen and oxygen atoms in total. The molecular formula is C25H28N2O8. The highest BCUT2D eigenvalue weighted by atomic mass is 16.5. The van der Waals surface area contributed by atoms with E-state index in [1.807, 2.05) is 48.5 Å². The summed E-state index contributed by atoms with van der Waals surface area (Å²) in [6.07, 6.45) is -2.77. The summed E-state index contributed by atoms with van der Waals surface area (Å²) in [5.74, 6) is -2.75. The fraction of sp³-hybridized carbons (Fsp3) is 0.360. The van der Waals surface area contributed by atoms with Crippen molar-refractivity contribution in [1.82, 2.24) is 10.6 Å². The predicted molar refractivity (Wildman–Crippen MR) is 125 cm³/mol. The monoisotopic (exact) mass is 484 g/mol. The van der Waals surface area contributed by atoms with Crippen molar-refractivity contribution in [3.8, 4) is 11.1 Å². The Labute approximate surface area is 202 Å². The average Bonchev–Trinajstić information content (AvgIpc) is 3.17. The maximum Gasteiger partial charge on any atom is 0.407 e. The summed E-state index contributed by atoms with van der Waals surface area (Å²) in [5.41, 5.74) is 4.34. The van der Waals surface area contributed by atoms with Crippen LogP contribution in [0.25, 0.3) is 11.1 Å². The van der Waals surface area contributed by atoms with Gasteiger partial charge in [0, 0.05) is 18.9 Å². The van der Waals surface area contributed by atoms with Crippen molar-refractivity contribution >= 4 is 23.9 Å². The number of ether oxygens (including phenoxy) is 2. The van der Waals surface area contributed by atoms with Crippen molar-refractivity contribution in [2.45, 2.75) is 37.3 Å². The molecule has 0 fully saturated rings. The molecule has 2 aromatic rings. The first-order valence-electron chi connectivity index (χ1n) is 11.2. The standard InChI is InChI=1S/C25H28N2O8/c1-34-23(30)11-10-21(24(31)32)27-22(29)12-15(28)13-26-25(33)35-14-20-18-8-4-2-6-16(18)17-7-3-5-9-19(17)20/h2-9,15,20-21,28H,10-14H2,1H3,(H,26,33)(H,27,29)(H,31,32)/t15?,21-/m0/s1. The number of fused-ring (bicyclic) bond motifs is 3. The zero-order valence-corrected chi connectivity index (χ0v) is 19.2. The number of carbonyl (C=O) groups is 4. The highest BCUT2D eigenvalue weighted by molar-refractivity contribution is 5.84. The molecule has 0 spiro atoms. The number of nitrogens with one attached hydrogen (secondary N) is 2. The lowest BCUT2D eigenvalue weighted by Crippen LogP contribution is -2.43. The Morgan fingerprint density at radius 1 is 1.00 bits per heavy atom. The molecule has 0 bridgehead atoms. The van der Waals surface area contributed by atoms with E-state index in [2.05, 4.69) is 15.4 Å². The molecule has 35 heavy (non-hydrogen) atoms. The van der Waals surface area contributed by atoms with E-state index in [0.717, 1.165) is 22.3 Å². The van der Waals surface area contributed by atoms with E-state index in [9.17, 15) is 29.4 Å². The predicted octanol–water partition coefficient (Wildman–Crippen LogP) is 1.80. The fourth-order valence-corrected chi connectivity index (χ4v) is 4.01. The number of carboxylic acids is 1. The van der Waals surface area contributed by atoms with Gasteiger partial charge in [-0.2, -0.15) is 0 Å². The van der Waals surface area contributed by atoms with Crippen LogP contribution in [0.4, 0.5) is 4.79 Å². The Hall–Kier alpha value is -3.92. The second-order valence-corrected chi connectivity index (χ2v) is 8.14. The van der Waals surface area contributed by atoms with Gasteiger partial charge in [-0.3, -0.25) is 9.59 Å². The van der Waals surface area contributed by atoms with E-state index < -0.39 is 42.5 Å². The quantitative estimate of drug-likeness (QED) is 0.353. The second-order valence-electron chi connectivity index (χ2n) is 8.14. The molecule has 3 rings (SSSR count). The summed E-state index contributed by atoms with van der Waals surface area (Å²) in [4.78, 5) is 46.7. The minimum Gasteiger partial charge on any atom is -0.480 e. The van der Waals surface area contributed by atoms with Crippen LogP contribution in [0, 0.1) is 0 Å². The number of rotatable bonds is 11. The van der Waals surface area contributed by atoms with Gasteiger partial charge in [0.1, 0.15) is 12.6 Å². The molecule has 4 N–H and O–H groups in total. The van der Waals surface area contributed by atoms with Crippen LogP contribution < -0.4 is 10.6 Å². The number of aliphatic hydroxyl groups excluding tert-OH is 1. The molecule has 0 heterocycles. The summed E-state index contributed by atoms with van der Waals surface area (Å²) in [7, 11) is 1.18. The maximum atomic E-state index is 12.2. The summed E-state index contributed by atoms with van der Waals surface area (Å²) >= 11 is 0. The third-order valence-corrected chi connectivity index (χ3v) is 5.74. The van der Waals surface area contributed by atoms with Crippen molar-refractivity contribution < 1.29 is 38.9 Å². The van der Waals surface area contributed by atoms with Crippen molar-refractivity contribution in [2.75, 3.05) is 20.3 Å². The summed E-state index contributed by atoms with van der Waals surface area (Å²) < 4.78 is 9.83. The minimum atomic E-state index is -1.31. The van der Waals surface area contributed by atoms with Gasteiger partial charge in [0.2, 0.25) is 5.91 Å². The van der Waals surface area contributed by atoms with Crippen molar-refractivity contribution in [1.29, 1.82) is 0 Å². The van der Waals surface area contributed by atoms with E-state index in [1.165, 1.54) is 7.11 Å². The van der Waals surface area contributed by atoms with Gasteiger partial charge < -0.3 is 30.3 Å². The Bertz CT molecular complexity index is 1040. The molecule has 1 unspecified atom stereocenters. The lowest BCUT2D eigenvalue weighted by Gasteiger charge is -2.17. The van der Waals surface area contributed by atoms with Crippen LogP contribution >= 0.6 is 0 Å². The number of benzene rings is 2. The molecular weight excluding hydrogens is 456 g/mol. The number of hydrogen-bond acceptors (Lipinski definition) is 7. The van der Waals surface area contributed by atoms with Gasteiger partial charge >= 0.3 is 18.0 Å². The van der Waals surface area contributed by atoms with Crippen LogP contribution in [0.5, 0.6) is 0 Å². The van der Waals surface area contributed by atoms with E-state index in [4.69, 9.17) is 4.74 Å². The lowest BCUT2D eigenvalue weighted by atomic mass is 9.98. The third-order valence-electron chi connectivity index (χ3n) is 5.74. The zero-order chi connectivity index (χ0) is 25.4. The smallest absolute Gasteiger partial charge is 0.407 e. The Kier molecular flexibility index (Phi) is 8.80. The molecule has 2 amide bonds. The van der Waals surface area contributed by atoms with Crippen molar-refractivity contribution in [3.05, 3.63) is 59.7 Å². The Morgan fingerprint density at radius 2 is 1.60 bits per heavy atom. The van der Waals surface area contributed by atoms with E-state index in [1.54, 1.807) is 0 Å². The van der Waals surface area contributed by atoms with Gasteiger partial charge in [-0.1, -0.05) is 48.5 Å². The molecule has 1 aliphatic carbocycles. The number of esters is 1. The number of carbonyl (C=O) groups excluding carboxylic acids is 3. The SMILES string of the molecule is COC(=O)CC[C@H](NC(=O)CC(O)CNC(=O)OCC1c2ccccc2-c2ccccc21)C(=O)O. The first kappa shape index (κ1) is 25.7. The highest BCUT2D eigenvalue weighted by Gasteiger charge is 2.29. The fourth-order valence-electron chi connectivity index (χ4n) is 4.01. The summed E-state index contributed by atoms with van der Waals surface area (Å²) in [6, 6.07) is 14.5. The maximum absolute atomic E-state index is 12.2. The second kappa shape index (κ2) is 12.0. The van der Waals surface area contributed by atoms with Gasteiger partial charge in [0.15, 0.2) is 0 Å². The number of hydrogen-bond donors (Lipinski definition) is 4. The van der Waals surface area contributed by atoms with Gasteiger partial charge in [-0.05, 0) is 28.7 Å². The van der Waals surface area contributed by atoms with E-state index in [-0.39, 0.29) is 31.9 Å². The molecule has 10 heteroatoms. The largest absolute Gasteiger partial charge is 0.480 e. The van der Waals surface area contributed by atoms with Crippen LogP contribution in [-0.2, 0) is 23.9 Å².